The quantitative estimate of drug-likeness (QED) is 0.393. The molecule has 4 atom stereocenters. The van der Waals surface area contributed by atoms with Gasteiger partial charge in [0.05, 0.1) is 30.0 Å². The highest BCUT2D eigenvalue weighted by molar-refractivity contribution is 6.00. The maximum atomic E-state index is 13.3. The zero-order valence-electron chi connectivity index (χ0n) is 20.8. The lowest BCUT2D eigenvalue weighted by Gasteiger charge is -2.45. The number of rotatable bonds is 7. The number of hydrogen-bond acceptors (Lipinski definition) is 8. The maximum Gasteiger partial charge on any atom is 0.274 e. The highest BCUT2D eigenvalue weighted by Gasteiger charge is 2.44. The number of aliphatic hydroxyl groups is 1. The molecule has 4 N–H and O–H groups in total. The molecule has 0 bridgehead atoms. The molecule has 2 aliphatic rings. The van der Waals surface area contributed by atoms with Crippen LogP contribution >= 0.6 is 0 Å². The molecular formula is C25H33N7O4. The number of nitrogens with one attached hydrogen (secondary N) is 3. The maximum absolute atomic E-state index is 13.3. The Morgan fingerprint density at radius 2 is 2.08 bits per heavy atom. The van der Waals surface area contributed by atoms with Gasteiger partial charge in [-0.3, -0.25) is 9.59 Å². The number of aromatic nitrogens is 4. The van der Waals surface area contributed by atoms with E-state index >= 15 is 0 Å². The Kier molecular flexibility index (Phi) is 6.44. The molecule has 2 aliphatic carbocycles. The molecule has 0 aliphatic heterocycles. The molecule has 2 fully saturated rings. The third kappa shape index (κ3) is 4.22. The minimum Gasteiger partial charge on any atom is -0.391 e. The molecule has 11 heteroatoms. The van der Waals surface area contributed by atoms with Gasteiger partial charge in [-0.25, -0.2) is 4.98 Å². The van der Waals surface area contributed by atoms with Crippen molar-refractivity contribution in [1.82, 2.24) is 24.5 Å². The summed E-state index contributed by atoms with van der Waals surface area (Å²) >= 11 is 0. The molecule has 0 saturated heterocycles. The van der Waals surface area contributed by atoms with Gasteiger partial charge in [0.25, 0.3) is 11.5 Å². The number of carbonyl (C=O) groups is 1. The predicted molar refractivity (Wildman–Crippen MR) is 136 cm³/mol. The monoisotopic (exact) mass is 495 g/mol. The SMILES string of the molecule is CNc1cc(Nc2cccn([C@@H]3CCCC[C@@H]3O)c2=O)nc2c(C(=O)N[C@@H]3CC[C@@]3(C)OC)cnn12. The van der Waals surface area contributed by atoms with Gasteiger partial charge >= 0.3 is 0 Å². The van der Waals surface area contributed by atoms with Crippen molar-refractivity contribution in [2.75, 3.05) is 24.8 Å². The van der Waals surface area contributed by atoms with Crippen molar-refractivity contribution in [2.24, 2.45) is 0 Å². The topological polar surface area (TPSA) is 135 Å². The highest BCUT2D eigenvalue weighted by atomic mass is 16.5. The smallest absolute Gasteiger partial charge is 0.274 e. The van der Waals surface area contributed by atoms with Crippen molar-refractivity contribution in [2.45, 2.75) is 69.2 Å². The van der Waals surface area contributed by atoms with Crippen LogP contribution in [0.15, 0.2) is 35.4 Å². The molecule has 11 nitrogen and oxygen atoms in total. The highest BCUT2D eigenvalue weighted by Crippen LogP contribution is 2.35. The van der Waals surface area contributed by atoms with E-state index in [4.69, 9.17) is 4.74 Å². The van der Waals surface area contributed by atoms with Crippen LogP contribution in [0.25, 0.3) is 5.65 Å². The third-order valence-corrected chi connectivity index (χ3v) is 7.70. The van der Waals surface area contributed by atoms with Crippen LogP contribution in [0.2, 0.25) is 0 Å². The van der Waals surface area contributed by atoms with Gasteiger partial charge in [0.2, 0.25) is 0 Å². The van der Waals surface area contributed by atoms with Crippen LogP contribution in [-0.4, -0.2) is 62.1 Å². The normalized spacial score (nSPS) is 25.8. The van der Waals surface area contributed by atoms with Gasteiger partial charge in [-0.1, -0.05) is 12.8 Å². The number of ether oxygens (including phenoxy) is 1. The zero-order chi connectivity index (χ0) is 25.4. The van der Waals surface area contributed by atoms with Crippen LogP contribution in [0.5, 0.6) is 0 Å². The molecular weight excluding hydrogens is 462 g/mol. The number of aliphatic hydroxyl groups excluding tert-OH is 1. The first-order valence-electron chi connectivity index (χ1n) is 12.4. The van der Waals surface area contributed by atoms with Gasteiger partial charge in [-0.2, -0.15) is 9.61 Å². The van der Waals surface area contributed by atoms with E-state index in [1.54, 1.807) is 47.6 Å². The third-order valence-electron chi connectivity index (χ3n) is 7.70. The van der Waals surface area contributed by atoms with E-state index in [9.17, 15) is 14.7 Å². The standard InChI is InChI=1S/C25H33N7O4/c1-25(36-3)11-10-19(25)29-23(34)15-14-27-32-21(26-2)13-20(30-22(15)32)28-16-7-6-12-31(24(16)35)17-8-4-5-9-18(17)33/h6-7,12-14,17-19,26,33H,4-5,8-11H2,1-3H3,(H,28,30)(H,29,34)/t17-,18+,19-,25-/m1/s1. The van der Waals surface area contributed by atoms with Crippen molar-refractivity contribution in [3.63, 3.8) is 0 Å². The molecule has 2 saturated carbocycles. The second kappa shape index (κ2) is 9.55. The summed E-state index contributed by atoms with van der Waals surface area (Å²) in [6.07, 6.45) is 7.78. The minimum atomic E-state index is -0.541. The summed E-state index contributed by atoms with van der Waals surface area (Å²) in [7, 11) is 3.40. The first kappa shape index (κ1) is 24.3. The fraction of sp³-hybridized carbons (Fsp3) is 0.520. The van der Waals surface area contributed by atoms with E-state index in [1.165, 1.54) is 6.20 Å². The molecule has 0 aromatic carbocycles. The number of carbonyl (C=O) groups excluding carboxylic acids is 1. The lowest BCUT2D eigenvalue weighted by atomic mass is 9.76. The number of anilines is 3. The number of methoxy groups -OCH3 is 1. The van der Waals surface area contributed by atoms with Crippen molar-refractivity contribution in [1.29, 1.82) is 0 Å². The minimum absolute atomic E-state index is 0.0899. The molecule has 36 heavy (non-hydrogen) atoms. The van der Waals surface area contributed by atoms with Crippen LogP contribution in [0, 0.1) is 0 Å². The molecule has 192 valence electrons. The van der Waals surface area contributed by atoms with Gasteiger partial charge in [0.1, 0.15) is 22.9 Å². The Balaban J connectivity index is 1.45. The number of pyridine rings is 1. The van der Waals surface area contributed by atoms with Gasteiger partial charge in [-0.15, -0.1) is 0 Å². The average Bonchev–Trinajstić information content (AvgIpc) is 3.31. The van der Waals surface area contributed by atoms with Crippen molar-refractivity contribution >= 4 is 28.9 Å². The fourth-order valence-corrected chi connectivity index (χ4v) is 5.19. The fourth-order valence-electron chi connectivity index (χ4n) is 5.19. The number of fused-ring (bicyclic) bond motifs is 1. The van der Waals surface area contributed by atoms with Crippen molar-refractivity contribution < 1.29 is 14.6 Å². The van der Waals surface area contributed by atoms with Gasteiger partial charge < -0.3 is 30.4 Å². The first-order chi connectivity index (χ1) is 17.3. The number of nitrogens with zero attached hydrogens (tertiary/aromatic N) is 4. The van der Waals surface area contributed by atoms with Crippen molar-refractivity contribution in [3.8, 4) is 0 Å². The molecule has 1 amide bonds. The van der Waals surface area contributed by atoms with Crippen LogP contribution in [0.4, 0.5) is 17.3 Å². The zero-order valence-corrected chi connectivity index (χ0v) is 20.8. The second-order valence-corrected chi connectivity index (χ2v) is 9.83. The second-order valence-electron chi connectivity index (χ2n) is 9.83. The van der Waals surface area contributed by atoms with E-state index < -0.39 is 6.10 Å². The summed E-state index contributed by atoms with van der Waals surface area (Å²) in [6.45, 7) is 1.98. The molecule has 3 aromatic rings. The Morgan fingerprint density at radius 1 is 1.28 bits per heavy atom. The van der Waals surface area contributed by atoms with Crippen LogP contribution < -0.4 is 21.5 Å². The Bertz CT molecular complexity index is 1330. The molecule has 5 rings (SSSR count). The van der Waals surface area contributed by atoms with Crippen LogP contribution in [0.3, 0.4) is 0 Å². The van der Waals surface area contributed by atoms with Gasteiger partial charge in [0.15, 0.2) is 5.65 Å². The van der Waals surface area contributed by atoms with Crippen LogP contribution in [-0.2, 0) is 4.74 Å². The number of hydrogen-bond donors (Lipinski definition) is 4. The van der Waals surface area contributed by atoms with E-state index in [1.807, 2.05) is 6.92 Å². The van der Waals surface area contributed by atoms with Crippen molar-refractivity contribution in [3.05, 3.63) is 46.5 Å². The summed E-state index contributed by atoms with van der Waals surface area (Å²) in [4.78, 5) is 31.0. The lowest BCUT2D eigenvalue weighted by Crippen LogP contribution is -2.59. The summed E-state index contributed by atoms with van der Waals surface area (Å²) in [5, 5.41) is 24.0. The average molecular weight is 496 g/mol. The van der Waals surface area contributed by atoms with Gasteiger partial charge in [0, 0.05) is 26.4 Å². The van der Waals surface area contributed by atoms with Gasteiger partial charge in [-0.05, 0) is 44.7 Å². The van der Waals surface area contributed by atoms with E-state index in [2.05, 4.69) is 26.0 Å². The summed E-state index contributed by atoms with van der Waals surface area (Å²) in [6, 6.07) is 4.86. The molecule has 0 spiro atoms. The Labute approximate surface area is 208 Å². The summed E-state index contributed by atoms with van der Waals surface area (Å²) in [5.74, 6) is 0.717. The molecule has 0 radical (unpaired) electrons. The van der Waals surface area contributed by atoms with E-state index in [0.29, 0.717) is 35.0 Å². The lowest BCUT2D eigenvalue weighted by molar-refractivity contribution is -0.0828. The number of amides is 1. The largest absolute Gasteiger partial charge is 0.391 e. The Hall–Kier alpha value is -3.44. The molecule has 3 aromatic heterocycles. The van der Waals surface area contributed by atoms with E-state index in [-0.39, 0.29) is 29.2 Å². The van der Waals surface area contributed by atoms with E-state index in [0.717, 1.165) is 32.1 Å². The summed E-state index contributed by atoms with van der Waals surface area (Å²) in [5.41, 5.74) is 0.417. The first-order valence-corrected chi connectivity index (χ1v) is 12.4. The predicted octanol–water partition coefficient (Wildman–Crippen LogP) is 2.45. The summed E-state index contributed by atoms with van der Waals surface area (Å²) < 4.78 is 8.72. The molecule has 3 heterocycles. The molecule has 0 unspecified atom stereocenters. The van der Waals surface area contributed by atoms with Crippen LogP contribution in [0.1, 0.15) is 61.8 Å². The Morgan fingerprint density at radius 3 is 2.78 bits per heavy atom.